The molecule has 31 heavy (non-hydrogen) atoms. The third kappa shape index (κ3) is 4.35. The molecule has 2 heterocycles. The molecule has 2 aliphatic carbocycles. The van der Waals surface area contributed by atoms with E-state index < -0.39 is 0 Å². The fraction of sp³-hybridized carbons (Fsp3) is 0.545. The highest BCUT2D eigenvalue weighted by Crippen LogP contribution is 2.52. The quantitative estimate of drug-likeness (QED) is 0.267. The number of carbonyl (C=O) groups excluding carboxylic acids is 3. The van der Waals surface area contributed by atoms with E-state index in [4.69, 9.17) is 4.42 Å². The molecule has 2 bridgehead atoms. The van der Waals surface area contributed by atoms with E-state index in [-0.39, 0.29) is 54.5 Å². The largest absolute Gasteiger partial charge is 0.469 e. The van der Waals surface area contributed by atoms with Crippen molar-refractivity contribution >= 4 is 23.7 Å². The Morgan fingerprint density at radius 2 is 1.84 bits per heavy atom. The van der Waals surface area contributed by atoms with Gasteiger partial charge in [-0.05, 0) is 30.4 Å². The van der Waals surface area contributed by atoms with Crippen LogP contribution in [0.3, 0.4) is 0 Å². The van der Waals surface area contributed by atoms with Crippen LogP contribution in [-0.2, 0) is 20.8 Å². The monoisotopic (exact) mass is 427 g/mol. The van der Waals surface area contributed by atoms with Crippen LogP contribution in [0.15, 0.2) is 40.0 Å². The van der Waals surface area contributed by atoms with Gasteiger partial charge in [0.25, 0.3) is 0 Å². The maximum atomic E-state index is 12.8. The lowest BCUT2D eigenvalue weighted by molar-refractivity contribution is -0.140. The molecular formula is C22H29N5O4. The van der Waals surface area contributed by atoms with Crippen LogP contribution in [0.5, 0.6) is 0 Å². The van der Waals surface area contributed by atoms with Crippen LogP contribution in [0.2, 0.25) is 0 Å². The molecule has 1 aliphatic heterocycles. The van der Waals surface area contributed by atoms with E-state index in [1.165, 1.54) is 9.80 Å². The van der Waals surface area contributed by atoms with Crippen LogP contribution in [0.4, 0.5) is 0 Å². The standard InChI is InChI=1S/C22H29N5O4/c1-26(2)17(28)13-25-22(23-8-7-16-4-3-11-31-16)24-9-10-27-20(29)18-14-5-6-15(12-14)19(18)21(27)30/h3-6,11,14-15,18-19H,7-10,12-13H2,1-2H3,(H2,23,24,25). The Balaban J connectivity index is 1.31. The number of likely N-dealkylation sites (tertiary alicyclic amines) is 1. The second-order valence-electron chi connectivity index (χ2n) is 8.46. The number of guanidine groups is 1. The third-order valence-electron chi connectivity index (χ3n) is 6.30. The Labute approximate surface area is 181 Å². The number of carbonyl (C=O) groups is 3. The minimum Gasteiger partial charge on any atom is -0.469 e. The van der Waals surface area contributed by atoms with E-state index in [1.54, 1.807) is 20.4 Å². The van der Waals surface area contributed by atoms with E-state index in [2.05, 4.69) is 27.8 Å². The number of allylic oxidation sites excluding steroid dienone is 2. The van der Waals surface area contributed by atoms with Crippen molar-refractivity contribution in [1.29, 1.82) is 0 Å². The molecule has 2 N–H and O–H groups in total. The number of furan rings is 1. The number of aliphatic imine (C=N–C) groups is 1. The minimum atomic E-state index is -0.181. The third-order valence-corrected chi connectivity index (χ3v) is 6.30. The van der Waals surface area contributed by atoms with Gasteiger partial charge in [0.2, 0.25) is 17.7 Å². The molecule has 0 spiro atoms. The van der Waals surface area contributed by atoms with Gasteiger partial charge in [-0.15, -0.1) is 0 Å². The molecule has 9 nitrogen and oxygen atoms in total. The number of fused-ring (bicyclic) bond motifs is 5. The van der Waals surface area contributed by atoms with Crippen molar-refractivity contribution in [2.75, 3.05) is 40.3 Å². The fourth-order valence-corrected chi connectivity index (χ4v) is 4.69. The number of hydrogen-bond acceptors (Lipinski definition) is 5. The number of imide groups is 1. The van der Waals surface area contributed by atoms with Gasteiger partial charge in [-0.2, -0.15) is 0 Å². The van der Waals surface area contributed by atoms with Crippen LogP contribution in [0, 0.1) is 23.7 Å². The molecular weight excluding hydrogens is 398 g/mol. The second kappa shape index (κ2) is 8.95. The van der Waals surface area contributed by atoms with Crippen molar-refractivity contribution in [3.8, 4) is 0 Å². The lowest BCUT2D eigenvalue weighted by Gasteiger charge is -2.19. The average Bonchev–Trinajstić information content (AvgIpc) is 3.53. The van der Waals surface area contributed by atoms with Crippen molar-refractivity contribution in [3.63, 3.8) is 0 Å². The number of nitrogens with one attached hydrogen (secondary N) is 2. The van der Waals surface area contributed by atoms with Crippen molar-refractivity contribution < 1.29 is 18.8 Å². The highest BCUT2D eigenvalue weighted by molar-refractivity contribution is 6.06. The lowest BCUT2D eigenvalue weighted by atomic mass is 9.85. The summed E-state index contributed by atoms with van der Waals surface area (Å²) in [7, 11) is 3.36. The molecule has 1 aromatic heterocycles. The van der Waals surface area contributed by atoms with E-state index in [0.29, 0.717) is 25.5 Å². The van der Waals surface area contributed by atoms with Crippen molar-refractivity contribution in [2.45, 2.75) is 12.8 Å². The van der Waals surface area contributed by atoms with Gasteiger partial charge >= 0.3 is 0 Å². The number of rotatable bonds is 8. The summed E-state index contributed by atoms with van der Waals surface area (Å²) >= 11 is 0. The van der Waals surface area contributed by atoms with Gasteiger partial charge in [-0.3, -0.25) is 19.3 Å². The summed E-state index contributed by atoms with van der Waals surface area (Å²) < 4.78 is 5.33. The smallest absolute Gasteiger partial charge is 0.243 e. The van der Waals surface area contributed by atoms with Crippen LogP contribution in [0.25, 0.3) is 0 Å². The molecule has 4 atom stereocenters. The predicted molar refractivity (Wildman–Crippen MR) is 114 cm³/mol. The molecule has 4 unspecified atom stereocenters. The molecule has 3 aliphatic rings. The first kappa shape index (κ1) is 21.1. The summed E-state index contributed by atoms with van der Waals surface area (Å²) in [5.41, 5.74) is 0. The van der Waals surface area contributed by atoms with Crippen LogP contribution in [0.1, 0.15) is 12.2 Å². The summed E-state index contributed by atoms with van der Waals surface area (Å²) in [4.78, 5) is 44.7. The Morgan fingerprint density at radius 3 is 2.45 bits per heavy atom. The summed E-state index contributed by atoms with van der Waals surface area (Å²) in [6.07, 6.45) is 7.40. The number of nitrogens with zero attached hydrogens (tertiary/aromatic N) is 3. The molecule has 1 aromatic rings. The predicted octanol–water partition coefficient (Wildman–Crippen LogP) is 0.253. The molecule has 3 amide bonds. The van der Waals surface area contributed by atoms with Gasteiger partial charge in [-0.25, -0.2) is 4.99 Å². The zero-order valence-corrected chi connectivity index (χ0v) is 17.9. The van der Waals surface area contributed by atoms with Crippen molar-refractivity contribution in [1.82, 2.24) is 20.4 Å². The maximum absolute atomic E-state index is 12.8. The van der Waals surface area contributed by atoms with Gasteiger partial charge in [0.05, 0.1) is 18.1 Å². The van der Waals surface area contributed by atoms with Crippen LogP contribution >= 0.6 is 0 Å². The minimum absolute atomic E-state index is 0.00381. The van der Waals surface area contributed by atoms with E-state index in [9.17, 15) is 14.4 Å². The first-order valence-electron chi connectivity index (χ1n) is 10.7. The van der Waals surface area contributed by atoms with Gasteiger partial charge in [0.1, 0.15) is 12.3 Å². The summed E-state index contributed by atoms with van der Waals surface area (Å²) in [5, 5.41) is 6.32. The number of amides is 3. The highest BCUT2D eigenvalue weighted by Gasteiger charge is 2.58. The zero-order valence-electron chi connectivity index (χ0n) is 17.9. The Hall–Kier alpha value is -3.10. The first-order chi connectivity index (χ1) is 15.0. The molecule has 0 radical (unpaired) electrons. The molecule has 2 fully saturated rings. The van der Waals surface area contributed by atoms with Gasteiger partial charge in [0, 0.05) is 40.2 Å². The molecule has 4 rings (SSSR count). The molecule has 0 aromatic carbocycles. The molecule has 166 valence electrons. The van der Waals surface area contributed by atoms with Crippen molar-refractivity contribution in [3.05, 3.63) is 36.3 Å². The Bertz CT molecular complexity index is 862. The SMILES string of the molecule is CN(C)C(=O)CN=C(NCCc1ccco1)NCCN1C(=O)C2C3C=CC(C3)C2C1=O. The van der Waals surface area contributed by atoms with Gasteiger partial charge < -0.3 is 20.0 Å². The zero-order chi connectivity index (χ0) is 22.0. The normalized spacial score (nSPS) is 26.5. The summed E-state index contributed by atoms with van der Waals surface area (Å²) in [6, 6.07) is 3.73. The second-order valence-corrected chi connectivity index (χ2v) is 8.46. The van der Waals surface area contributed by atoms with Crippen molar-refractivity contribution in [2.24, 2.45) is 28.7 Å². The van der Waals surface area contributed by atoms with E-state index in [0.717, 1.165) is 12.2 Å². The molecule has 1 saturated carbocycles. The number of likely N-dealkylation sites (N-methyl/N-ethyl adjacent to an activating group) is 1. The fourth-order valence-electron chi connectivity index (χ4n) is 4.69. The van der Waals surface area contributed by atoms with E-state index in [1.807, 2.05) is 12.1 Å². The average molecular weight is 428 g/mol. The van der Waals surface area contributed by atoms with Crippen LogP contribution < -0.4 is 10.6 Å². The summed E-state index contributed by atoms with van der Waals surface area (Å²) in [6.45, 7) is 1.22. The van der Waals surface area contributed by atoms with E-state index >= 15 is 0 Å². The molecule has 9 heteroatoms. The maximum Gasteiger partial charge on any atom is 0.243 e. The Morgan fingerprint density at radius 1 is 1.16 bits per heavy atom. The van der Waals surface area contributed by atoms with Gasteiger partial charge in [0.15, 0.2) is 5.96 Å². The number of hydrogen-bond donors (Lipinski definition) is 2. The summed E-state index contributed by atoms with van der Waals surface area (Å²) in [5.74, 6) is 1.14. The van der Waals surface area contributed by atoms with Gasteiger partial charge in [-0.1, -0.05) is 12.2 Å². The topological polar surface area (TPSA) is 107 Å². The highest BCUT2D eigenvalue weighted by atomic mass is 16.3. The Kier molecular flexibility index (Phi) is 6.11. The molecule has 1 saturated heterocycles. The first-order valence-corrected chi connectivity index (χ1v) is 10.7. The van der Waals surface area contributed by atoms with Crippen LogP contribution in [-0.4, -0.2) is 73.8 Å². The lowest BCUT2D eigenvalue weighted by Crippen LogP contribution is -2.44.